The van der Waals surface area contributed by atoms with Crippen molar-refractivity contribution in [3.8, 4) is 0 Å². The van der Waals surface area contributed by atoms with Crippen molar-refractivity contribution in [1.29, 1.82) is 0 Å². The van der Waals surface area contributed by atoms with Gasteiger partial charge in [0.25, 0.3) is 0 Å². The van der Waals surface area contributed by atoms with E-state index >= 15 is 0 Å². The first kappa shape index (κ1) is 16.6. The number of ether oxygens (including phenoxy) is 1. The van der Waals surface area contributed by atoms with Crippen LogP contribution in [0.1, 0.15) is 39.5 Å². The molecule has 0 amide bonds. The van der Waals surface area contributed by atoms with Crippen molar-refractivity contribution < 1.29 is 9.53 Å². The molecule has 0 rings (SSSR count). The first-order chi connectivity index (χ1) is 6.24. The second-order valence-electron chi connectivity index (χ2n) is 3.25. The van der Waals surface area contributed by atoms with Gasteiger partial charge in [0.05, 0.1) is 6.61 Å². The first-order valence-electron chi connectivity index (χ1n) is 5.03. The van der Waals surface area contributed by atoms with E-state index in [4.69, 9.17) is 4.74 Å². The minimum absolute atomic E-state index is 0. The molecule has 0 saturated heterocycles. The summed E-state index contributed by atoms with van der Waals surface area (Å²) in [7, 11) is 0. The van der Waals surface area contributed by atoms with E-state index in [2.05, 4.69) is 20.4 Å². The maximum absolute atomic E-state index is 10.8. The fourth-order valence-electron chi connectivity index (χ4n) is 1.16. The van der Waals surface area contributed by atoms with Gasteiger partial charge in [-0.2, -0.15) is 0 Å². The summed E-state index contributed by atoms with van der Waals surface area (Å²) in [5.41, 5.74) is 0. The monoisotopic (exact) mass is 392 g/mol. The number of unbranched alkanes of at least 4 members (excludes halogenated alkanes) is 1. The van der Waals surface area contributed by atoms with Crippen LogP contribution < -0.4 is 0 Å². The van der Waals surface area contributed by atoms with E-state index in [1.807, 2.05) is 0 Å². The Hall–Kier alpha value is 0.132. The molecule has 0 aliphatic heterocycles. The quantitative estimate of drug-likeness (QED) is 0.379. The SMILES string of the molecule is C=CC(=O)OCC(CC)CCCC.[Pb]. The summed E-state index contributed by atoms with van der Waals surface area (Å²) in [6.07, 6.45) is 5.85. The normalized spacial score (nSPS) is 11.3. The van der Waals surface area contributed by atoms with Gasteiger partial charge in [0.1, 0.15) is 0 Å². The summed E-state index contributed by atoms with van der Waals surface area (Å²) in [4.78, 5) is 10.8. The summed E-state index contributed by atoms with van der Waals surface area (Å²) in [6.45, 7) is 8.19. The molecular formula is C11H20O2Pb. The van der Waals surface area contributed by atoms with Crippen LogP contribution in [0.4, 0.5) is 0 Å². The van der Waals surface area contributed by atoms with Crippen LogP contribution in [0.5, 0.6) is 0 Å². The molecule has 4 radical (unpaired) electrons. The van der Waals surface area contributed by atoms with Crippen LogP contribution in [0.2, 0.25) is 0 Å². The fourth-order valence-corrected chi connectivity index (χ4v) is 1.16. The number of carbonyl (C=O) groups excluding carboxylic acids is 1. The molecule has 0 heterocycles. The molecule has 0 bridgehead atoms. The van der Waals surface area contributed by atoms with E-state index in [1.165, 1.54) is 18.9 Å². The van der Waals surface area contributed by atoms with Crippen LogP contribution in [0.3, 0.4) is 0 Å². The molecule has 0 aliphatic rings. The van der Waals surface area contributed by atoms with Crippen molar-refractivity contribution in [3.05, 3.63) is 12.7 Å². The first-order valence-corrected chi connectivity index (χ1v) is 5.03. The number of hydrogen-bond acceptors (Lipinski definition) is 2. The average Bonchev–Trinajstić information content (AvgIpc) is 2.17. The minimum atomic E-state index is -0.310. The summed E-state index contributed by atoms with van der Waals surface area (Å²) in [5.74, 6) is 0.207. The molecule has 0 aromatic rings. The van der Waals surface area contributed by atoms with E-state index in [9.17, 15) is 4.79 Å². The Balaban J connectivity index is 0. The molecule has 0 spiro atoms. The number of rotatable bonds is 7. The number of carbonyl (C=O) groups is 1. The van der Waals surface area contributed by atoms with Crippen LogP contribution in [-0.2, 0) is 9.53 Å². The van der Waals surface area contributed by atoms with Gasteiger partial charge in [0.15, 0.2) is 0 Å². The van der Waals surface area contributed by atoms with Crippen LogP contribution in [0.15, 0.2) is 12.7 Å². The Morgan fingerprint density at radius 3 is 2.57 bits per heavy atom. The molecule has 0 aliphatic carbocycles. The Labute approximate surface area is 107 Å². The topological polar surface area (TPSA) is 26.3 Å². The maximum Gasteiger partial charge on any atom is 0.330 e. The predicted molar refractivity (Wildman–Crippen MR) is 60.2 cm³/mol. The third kappa shape index (κ3) is 8.72. The van der Waals surface area contributed by atoms with E-state index in [1.54, 1.807) is 0 Å². The second kappa shape index (κ2) is 11.2. The smallest absolute Gasteiger partial charge is 0.330 e. The molecular weight excluding hydrogens is 371 g/mol. The summed E-state index contributed by atoms with van der Waals surface area (Å²) in [5, 5.41) is 0. The van der Waals surface area contributed by atoms with E-state index in [0.717, 1.165) is 12.8 Å². The van der Waals surface area contributed by atoms with Crippen LogP contribution in [-0.4, -0.2) is 39.9 Å². The summed E-state index contributed by atoms with van der Waals surface area (Å²) >= 11 is 0. The number of hydrogen-bond donors (Lipinski definition) is 0. The van der Waals surface area contributed by atoms with Gasteiger partial charge in [-0.25, -0.2) is 4.79 Å². The van der Waals surface area contributed by atoms with Gasteiger partial charge in [0, 0.05) is 33.4 Å². The van der Waals surface area contributed by atoms with Crippen LogP contribution in [0.25, 0.3) is 0 Å². The fraction of sp³-hybridized carbons (Fsp3) is 0.727. The Morgan fingerprint density at radius 1 is 1.50 bits per heavy atom. The molecule has 1 unspecified atom stereocenters. The molecule has 0 aromatic carbocycles. The van der Waals surface area contributed by atoms with Crippen molar-refractivity contribution in [2.45, 2.75) is 39.5 Å². The van der Waals surface area contributed by atoms with Gasteiger partial charge in [-0.15, -0.1) is 0 Å². The third-order valence-corrected chi connectivity index (χ3v) is 2.17. The van der Waals surface area contributed by atoms with Gasteiger partial charge in [-0.1, -0.05) is 39.7 Å². The van der Waals surface area contributed by atoms with Gasteiger partial charge in [-0.3, -0.25) is 0 Å². The van der Waals surface area contributed by atoms with Gasteiger partial charge in [0.2, 0.25) is 0 Å². The zero-order valence-electron chi connectivity index (χ0n) is 9.21. The Kier molecular flexibility index (Phi) is 13.3. The Morgan fingerprint density at radius 2 is 2.14 bits per heavy atom. The van der Waals surface area contributed by atoms with Crippen molar-refractivity contribution in [2.75, 3.05) is 6.61 Å². The van der Waals surface area contributed by atoms with E-state index in [-0.39, 0.29) is 33.3 Å². The molecule has 0 saturated carbocycles. The zero-order chi connectivity index (χ0) is 10.1. The molecule has 14 heavy (non-hydrogen) atoms. The van der Waals surface area contributed by atoms with Crippen molar-refractivity contribution in [3.63, 3.8) is 0 Å². The predicted octanol–water partition coefficient (Wildman–Crippen LogP) is 2.55. The van der Waals surface area contributed by atoms with Gasteiger partial charge < -0.3 is 4.74 Å². The van der Waals surface area contributed by atoms with Crippen molar-refractivity contribution in [1.82, 2.24) is 0 Å². The van der Waals surface area contributed by atoms with Crippen molar-refractivity contribution in [2.24, 2.45) is 5.92 Å². The van der Waals surface area contributed by atoms with E-state index < -0.39 is 0 Å². The molecule has 80 valence electrons. The van der Waals surface area contributed by atoms with E-state index in [0.29, 0.717) is 12.5 Å². The molecule has 0 fully saturated rings. The van der Waals surface area contributed by atoms with Crippen LogP contribution in [0, 0.1) is 5.92 Å². The second-order valence-corrected chi connectivity index (χ2v) is 3.25. The largest absolute Gasteiger partial charge is 0.462 e. The van der Waals surface area contributed by atoms with Crippen molar-refractivity contribution >= 4 is 33.3 Å². The molecule has 0 aromatic heterocycles. The Bertz CT molecular complexity index is 157. The average molecular weight is 391 g/mol. The van der Waals surface area contributed by atoms with Crippen LogP contribution >= 0.6 is 0 Å². The molecule has 3 heteroatoms. The molecule has 0 N–H and O–H groups in total. The molecule has 2 nitrogen and oxygen atoms in total. The third-order valence-electron chi connectivity index (χ3n) is 2.17. The standard InChI is InChI=1S/C11H20O2.Pb/c1-4-7-8-10(5-2)9-13-11(12)6-3;/h6,10H,3-5,7-9H2,1-2H3;. The number of esters is 1. The summed E-state index contributed by atoms with van der Waals surface area (Å²) in [6, 6.07) is 0. The summed E-state index contributed by atoms with van der Waals surface area (Å²) < 4.78 is 4.98. The molecule has 1 atom stereocenters. The zero-order valence-corrected chi connectivity index (χ0v) is 13.1. The minimum Gasteiger partial charge on any atom is -0.462 e. The van der Waals surface area contributed by atoms with Gasteiger partial charge >= 0.3 is 5.97 Å². The van der Waals surface area contributed by atoms with Gasteiger partial charge in [-0.05, 0) is 12.3 Å². The maximum atomic E-state index is 10.8.